The molecule has 0 aliphatic carbocycles. The van der Waals surface area contributed by atoms with Gasteiger partial charge in [-0.05, 0) is 24.1 Å². The largest absolute Gasteiger partial charge is 0.346 e. The van der Waals surface area contributed by atoms with E-state index in [0.29, 0.717) is 13.0 Å². The van der Waals surface area contributed by atoms with Crippen molar-refractivity contribution in [2.45, 2.75) is 47.1 Å². The molecule has 1 rings (SSSR count). The number of hydrogen-bond donors (Lipinski definition) is 2. The molecule has 0 aliphatic rings. The smallest absolute Gasteiger partial charge is 0.223 e. The topological polar surface area (TPSA) is 75.3 Å². The molecule has 2 amide bonds. The van der Waals surface area contributed by atoms with Crippen molar-refractivity contribution in [1.29, 1.82) is 0 Å². The number of benzene rings is 1. The van der Waals surface area contributed by atoms with Crippen LogP contribution in [-0.4, -0.2) is 30.2 Å². The average molecular weight is 356 g/mol. The summed E-state index contributed by atoms with van der Waals surface area (Å²) in [6.45, 7) is 9.01. The van der Waals surface area contributed by atoms with Crippen LogP contribution in [0.2, 0.25) is 0 Å². The monoisotopic (exact) mass is 356 g/mol. The van der Waals surface area contributed by atoms with Crippen molar-refractivity contribution in [1.82, 2.24) is 10.6 Å². The number of carbonyl (C=O) groups is 3. The normalized spacial score (nSPS) is 11.5. The second-order valence-electron chi connectivity index (χ2n) is 6.89. The van der Waals surface area contributed by atoms with E-state index in [0.717, 1.165) is 11.1 Å². The first-order chi connectivity index (χ1) is 12.2. The maximum atomic E-state index is 12.3. The van der Waals surface area contributed by atoms with Crippen LogP contribution in [0.1, 0.15) is 45.7 Å². The first kappa shape index (κ1) is 21.4. The highest BCUT2D eigenvalue weighted by atomic mass is 16.2. The molecule has 0 aliphatic heterocycles. The van der Waals surface area contributed by atoms with Gasteiger partial charge >= 0.3 is 0 Å². The highest BCUT2D eigenvalue weighted by molar-refractivity contribution is 5.89. The van der Waals surface area contributed by atoms with Crippen LogP contribution in [0.15, 0.2) is 24.3 Å². The molecule has 1 atom stereocenters. The van der Waals surface area contributed by atoms with Gasteiger partial charge < -0.3 is 10.6 Å². The molecule has 0 spiro atoms. The predicted octanol–water partition coefficient (Wildman–Crippen LogP) is 2.08. The summed E-state index contributed by atoms with van der Waals surface area (Å²) in [6.07, 6.45) is 0.427. The fourth-order valence-electron chi connectivity index (χ4n) is 2.36. The number of Topliss-reactive ketones (excluding diaryl/α,β-unsaturated/α-hetero) is 1. The fourth-order valence-corrected chi connectivity index (χ4v) is 2.36. The van der Waals surface area contributed by atoms with Crippen molar-refractivity contribution in [3.8, 4) is 11.8 Å². The van der Waals surface area contributed by atoms with Gasteiger partial charge in [-0.15, -0.1) is 0 Å². The second kappa shape index (κ2) is 10.4. The van der Waals surface area contributed by atoms with Crippen LogP contribution in [0.4, 0.5) is 0 Å². The first-order valence-corrected chi connectivity index (χ1v) is 8.87. The Bertz CT molecular complexity index is 711. The van der Waals surface area contributed by atoms with E-state index in [1.165, 1.54) is 6.92 Å². The van der Waals surface area contributed by atoms with E-state index >= 15 is 0 Å². The molecule has 0 saturated carbocycles. The van der Waals surface area contributed by atoms with Crippen LogP contribution in [0.5, 0.6) is 0 Å². The van der Waals surface area contributed by atoms with Gasteiger partial charge in [0.15, 0.2) is 5.78 Å². The van der Waals surface area contributed by atoms with Gasteiger partial charge in [-0.1, -0.05) is 51.7 Å². The van der Waals surface area contributed by atoms with Gasteiger partial charge in [-0.3, -0.25) is 14.4 Å². The van der Waals surface area contributed by atoms with E-state index in [1.807, 2.05) is 52.0 Å². The molecule has 0 saturated heterocycles. The van der Waals surface area contributed by atoms with Gasteiger partial charge in [0.1, 0.15) is 0 Å². The Morgan fingerprint density at radius 3 is 2.35 bits per heavy atom. The molecule has 2 N–H and O–H groups in total. The van der Waals surface area contributed by atoms with Crippen LogP contribution >= 0.6 is 0 Å². The Kier molecular flexibility index (Phi) is 8.57. The summed E-state index contributed by atoms with van der Waals surface area (Å²) in [5.74, 6) is 5.47. The third-order valence-corrected chi connectivity index (χ3v) is 3.76. The molecule has 0 bridgehead atoms. The number of ketones is 1. The zero-order chi connectivity index (χ0) is 19.7. The van der Waals surface area contributed by atoms with Crippen LogP contribution in [0.25, 0.3) is 0 Å². The van der Waals surface area contributed by atoms with Gasteiger partial charge in [0.05, 0.1) is 12.6 Å². The summed E-state index contributed by atoms with van der Waals surface area (Å²) in [5, 5.41) is 5.48. The average Bonchev–Trinajstić information content (AvgIpc) is 2.57. The van der Waals surface area contributed by atoms with Gasteiger partial charge in [0.25, 0.3) is 0 Å². The van der Waals surface area contributed by atoms with Crippen molar-refractivity contribution in [2.75, 3.05) is 6.54 Å². The zero-order valence-electron chi connectivity index (χ0n) is 16.2. The Hall–Kier alpha value is -2.61. The SMILES string of the molecule is CC(=O)N[C@@H](Cc1cccc(C#CCNC(=O)C(C)C)c1)C(=O)C(C)C. The lowest BCUT2D eigenvalue weighted by Crippen LogP contribution is -2.43. The van der Waals surface area contributed by atoms with Gasteiger partial charge in [-0.2, -0.15) is 0 Å². The van der Waals surface area contributed by atoms with Crippen LogP contribution in [0, 0.1) is 23.7 Å². The Labute approximate surface area is 155 Å². The first-order valence-electron chi connectivity index (χ1n) is 8.87. The number of carbonyl (C=O) groups excluding carboxylic acids is 3. The van der Waals surface area contributed by atoms with E-state index < -0.39 is 6.04 Å². The Balaban J connectivity index is 2.80. The highest BCUT2D eigenvalue weighted by Crippen LogP contribution is 2.10. The lowest BCUT2D eigenvalue weighted by molar-refractivity contribution is -0.128. The minimum atomic E-state index is -0.541. The van der Waals surface area contributed by atoms with E-state index in [9.17, 15) is 14.4 Å². The predicted molar refractivity (Wildman–Crippen MR) is 102 cm³/mol. The maximum Gasteiger partial charge on any atom is 0.223 e. The van der Waals surface area contributed by atoms with E-state index in [4.69, 9.17) is 0 Å². The lowest BCUT2D eigenvalue weighted by Gasteiger charge is -2.19. The number of amides is 2. The highest BCUT2D eigenvalue weighted by Gasteiger charge is 2.22. The zero-order valence-corrected chi connectivity index (χ0v) is 16.2. The second-order valence-corrected chi connectivity index (χ2v) is 6.89. The van der Waals surface area contributed by atoms with E-state index in [2.05, 4.69) is 22.5 Å². The lowest BCUT2D eigenvalue weighted by atomic mass is 9.95. The molecule has 140 valence electrons. The summed E-state index contributed by atoms with van der Waals surface area (Å²) in [7, 11) is 0. The third-order valence-electron chi connectivity index (χ3n) is 3.76. The standard InChI is InChI=1S/C21H28N2O3/c1-14(2)20(25)19(23-16(5)24)13-18-9-6-8-17(12-18)10-7-11-22-21(26)15(3)4/h6,8-9,12,14-15,19H,11,13H2,1-5H3,(H,22,26)(H,23,24)/t19-/m0/s1. The van der Waals surface area contributed by atoms with Crippen LogP contribution in [-0.2, 0) is 20.8 Å². The molecular formula is C21H28N2O3. The molecule has 0 unspecified atom stereocenters. The Morgan fingerprint density at radius 1 is 1.08 bits per heavy atom. The van der Waals surface area contributed by atoms with Crippen LogP contribution < -0.4 is 10.6 Å². The van der Waals surface area contributed by atoms with Gasteiger partial charge in [-0.25, -0.2) is 0 Å². The molecular weight excluding hydrogens is 328 g/mol. The van der Waals surface area contributed by atoms with E-state index in [-0.39, 0.29) is 29.4 Å². The molecule has 1 aromatic carbocycles. The number of hydrogen-bond acceptors (Lipinski definition) is 3. The maximum absolute atomic E-state index is 12.3. The summed E-state index contributed by atoms with van der Waals surface area (Å²) >= 11 is 0. The van der Waals surface area contributed by atoms with Crippen molar-refractivity contribution in [2.24, 2.45) is 11.8 Å². The fraction of sp³-hybridized carbons (Fsp3) is 0.476. The molecule has 0 aromatic heterocycles. The third kappa shape index (κ3) is 7.52. The van der Waals surface area contributed by atoms with Crippen LogP contribution in [0.3, 0.4) is 0 Å². The molecule has 5 nitrogen and oxygen atoms in total. The van der Waals surface area contributed by atoms with E-state index in [1.54, 1.807) is 0 Å². The quantitative estimate of drug-likeness (QED) is 0.735. The molecule has 5 heteroatoms. The summed E-state index contributed by atoms with van der Waals surface area (Å²) in [6, 6.07) is 7.02. The van der Waals surface area contributed by atoms with Gasteiger partial charge in [0, 0.05) is 24.3 Å². The Morgan fingerprint density at radius 2 is 1.77 bits per heavy atom. The minimum absolute atomic E-state index is 0.00749. The van der Waals surface area contributed by atoms with Crippen molar-refractivity contribution >= 4 is 17.6 Å². The van der Waals surface area contributed by atoms with Crippen molar-refractivity contribution in [3.63, 3.8) is 0 Å². The molecule has 0 radical (unpaired) electrons. The molecule has 0 heterocycles. The molecule has 1 aromatic rings. The summed E-state index contributed by atoms with van der Waals surface area (Å²) in [5.41, 5.74) is 1.73. The van der Waals surface area contributed by atoms with Crippen molar-refractivity contribution in [3.05, 3.63) is 35.4 Å². The number of rotatable bonds is 7. The summed E-state index contributed by atoms with van der Waals surface area (Å²) in [4.78, 5) is 35.2. The number of nitrogens with one attached hydrogen (secondary N) is 2. The molecule has 0 fully saturated rings. The minimum Gasteiger partial charge on any atom is -0.346 e. The molecule has 26 heavy (non-hydrogen) atoms. The summed E-state index contributed by atoms with van der Waals surface area (Å²) < 4.78 is 0. The van der Waals surface area contributed by atoms with Gasteiger partial charge in [0.2, 0.25) is 11.8 Å². The van der Waals surface area contributed by atoms with Crippen molar-refractivity contribution < 1.29 is 14.4 Å².